The first-order valence-corrected chi connectivity index (χ1v) is 8.73. The van der Waals surface area contributed by atoms with Gasteiger partial charge in [0.05, 0.1) is 12.4 Å². The Kier molecular flexibility index (Phi) is 4.59. The molecule has 9 heteroatoms. The van der Waals surface area contributed by atoms with Crippen LogP contribution in [0.5, 0.6) is 0 Å². The molecule has 1 aromatic heterocycles. The van der Waals surface area contributed by atoms with E-state index in [0.717, 1.165) is 10.8 Å². The molecule has 0 saturated heterocycles. The first-order chi connectivity index (χ1) is 10.1. The normalized spacial score (nSPS) is 25.5. The van der Waals surface area contributed by atoms with E-state index in [2.05, 4.69) is 0 Å². The van der Waals surface area contributed by atoms with E-state index >= 15 is 0 Å². The highest BCUT2D eigenvalue weighted by molar-refractivity contribution is 7.86. The number of aliphatic hydroxyl groups excluding tert-OH is 1. The topological polar surface area (TPSA) is 108 Å². The molecular formula is C13H20N2O6S. The summed E-state index contributed by atoms with van der Waals surface area (Å²) in [7, 11) is -2.24. The van der Waals surface area contributed by atoms with Crippen LogP contribution in [0.4, 0.5) is 0 Å². The largest absolute Gasteiger partial charge is 0.396 e. The molecule has 3 unspecified atom stereocenters. The van der Waals surface area contributed by atoms with Crippen LogP contribution in [0.3, 0.4) is 0 Å². The van der Waals surface area contributed by atoms with Crippen LogP contribution in [-0.2, 0) is 21.3 Å². The van der Waals surface area contributed by atoms with Crippen LogP contribution in [-0.4, -0.2) is 41.6 Å². The lowest BCUT2D eigenvalue weighted by Gasteiger charge is -2.16. The Labute approximate surface area is 128 Å². The third kappa shape index (κ3) is 3.31. The zero-order valence-corrected chi connectivity index (χ0v) is 13.5. The number of aromatic nitrogens is 2. The quantitative estimate of drug-likeness (QED) is 0.719. The van der Waals surface area contributed by atoms with Gasteiger partial charge < -0.3 is 5.11 Å². The molecule has 22 heavy (non-hydrogen) atoms. The molecule has 1 aromatic rings. The van der Waals surface area contributed by atoms with Crippen LogP contribution in [0.15, 0.2) is 15.8 Å². The molecule has 1 saturated carbocycles. The molecule has 0 amide bonds. The van der Waals surface area contributed by atoms with Gasteiger partial charge in [0, 0.05) is 37.4 Å². The van der Waals surface area contributed by atoms with Crippen molar-refractivity contribution in [1.82, 2.24) is 9.13 Å². The summed E-state index contributed by atoms with van der Waals surface area (Å²) in [5.74, 6) is -0.371. The predicted molar refractivity (Wildman–Crippen MR) is 79.2 cm³/mol. The second-order valence-corrected chi connectivity index (χ2v) is 7.37. The summed E-state index contributed by atoms with van der Waals surface area (Å²) in [6.07, 6.45) is 2.46. The van der Waals surface area contributed by atoms with Crippen LogP contribution in [0, 0.1) is 12.8 Å². The van der Waals surface area contributed by atoms with E-state index in [0.29, 0.717) is 12.0 Å². The standard InChI is InChI=1S/C13H20N2O6S/c1-8-6-15(13(18)14(2)12(8)17)10-4-9(7-16)11(5-10)21-22(3,19)20/h6,9-11,16H,4-5,7H2,1-3H3. The van der Waals surface area contributed by atoms with Gasteiger partial charge in [-0.2, -0.15) is 8.42 Å². The van der Waals surface area contributed by atoms with E-state index in [4.69, 9.17) is 4.18 Å². The van der Waals surface area contributed by atoms with E-state index in [1.54, 1.807) is 6.92 Å². The van der Waals surface area contributed by atoms with Crippen molar-refractivity contribution in [2.75, 3.05) is 12.9 Å². The second-order valence-electron chi connectivity index (χ2n) is 5.77. The highest BCUT2D eigenvalue weighted by atomic mass is 32.2. The summed E-state index contributed by atoms with van der Waals surface area (Å²) in [5, 5.41) is 9.40. The third-order valence-electron chi connectivity index (χ3n) is 4.01. The van der Waals surface area contributed by atoms with Crippen LogP contribution >= 0.6 is 0 Å². The minimum Gasteiger partial charge on any atom is -0.396 e. The highest BCUT2D eigenvalue weighted by Crippen LogP contribution is 2.36. The maximum atomic E-state index is 12.2. The molecular weight excluding hydrogens is 312 g/mol. The van der Waals surface area contributed by atoms with E-state index in [-0.39, 0.29) is 30.5 Å². The van der Waals surface area contributed by atoms with E-state index in [1.165, 1.54) is 17.8 Å². The highest BCUT2D eigenvalue weighted by Gasteiger charge is 2.38. The van der Waals surface area contributed by atoms with Crippen LogP contribution in [0.25, 0.3) is 0 Å². The molecule has 3 atom stereocenters. The molecule has 0 aliphatic heterocycles. The molecule has 1 aliphatic rings. The number of aryl methyl sites for hydroxylation is 1. The SMILES string of the molecule is Cc1cn(C2CC(CO)C(OS(C)(=O)=O)C2)c(=O)n(C)c1=O. The minimum atomic E-state index is -3.64. The summed E-state index contributed by atoms with van der Waals surface area (Å²) in [4.78, 5) is 24.0. The molecule has 2 rings (SSSR count). The van der Waals surface area contributed by atoms with E-state index in [9.17, 15) is 23.1 Å². The lowest BCUT2D eigenvalue weighted by Crippen LogP contribution is -2.40. The molecule has 8 nitrogen and oxygen atoms in total. The van der Waals surface area contributed by atoms with Crippen molar-refractivity contribution >= 4 is 10.1 Å². The summed E-state index contributed by atoms with van der Waals surface area (Å²) in [6.45, 7) is 1.39. The fourth-order valence-corrected chi connectivity index (χ4v) is 3.61. The molecule has 0 bridgehead atoms. The molecule has 0 aromatic carbocycles. The number of rotatable bonds is 4. The van der Waals surface area contributed by atoms with Gasteiger partial charge in [0.2, 0.25) is 0 Å². The summed E-state index contributed by atoms with van der Waals surface area (Å²) < 4.78 is 30.0. The zero-order chi connectivity index (χ0) is 16.7. The predicted octanol–water partition coefficient (Wildman–Crippen LogP) is -0.856. The number of aliphatic hydroxyl groups is 1. The maximum absolute atomic E-state index is 12.2. The number of hydrogen-bond acceptors (Lipinski definition) is 6. The lowest BCUT2D eigenvalue weighted by atomic mass is 10.1. The van der Waals surface area contributed by atoms with Crippen molar-refractivity contribution in [3.05, 3.63) is 32.6 Å². The molecule has 1 heterocycles. The van der Waals surface area contributed by atoms with Gasteiger partial charge in [0.25, 0.3) is 15.7 Å². The maximum Gasteiger partial charge on any atom is 0.330 e. The molecule has 0 radical (unpaired) electrons. The summed E-state index contributed by atoms with van der Waals surface area (Å²) in [6, 6.07) is -0.318. The van der Waals surface area contributed by atoms with Crippen molar-refractivity contribution in [3.63, 3.8) is 0 Å². The number of hydrogen-bond donors (Lipinski definition) is 1. The first kappa shape index (κ1) is 16.9. The van der Waals surface area contributed by atoms with Crippen LogP contribution < -0.4 is 11.2 Å². The van der Waals surface area contributed by atoms with Gasteiger partial charge in [-0.1, -0.05) is 0 Å². The average Bonchev–Trinajstić information content (AvgIpc) is 2.81. The summed E-state index contributed by atoms with van der Waals surface area (Å²) >= 11 is 0. The Morgan fingerprint density at radius 1 is 1.36 bits per heavy atom. The van der Waals surface area contributed by atoms with Gasteiger partial charge in [-0.3, -0.25) is 18.1 Å². The fourth-order valence-electron chi connectivity index (χ4n) is 2.92. The lowest BCUT2D eigenvalue weighted by molar-refractivity contribution is 0.116. The van der Waals surface area contributed by atoms with E-state index < -0.39 is 21.9 Å². The average molecular weight is 332 g/mol. The van der Waals surface area contributed by atoms with Crippen molar-refractivity contribution in [2.24, 2.45) is 13.0 Å². The Morgan fingerprint density at radius 2 is 2.00 bits per heavy atom. The zero-order valence-electron chi connectivity index (χ0n) is 12.7. The van der Waals surface area contributed by atoms with Gasteiger partial charge in [-0.15, -0.1) is 0 Å². The van der Waals surface area contributed by atoms with Gasteiger partial charge in [0.1, 0.15) is 0 Å². The summed E-state index contributed by atoms with van der Waals surface area (Å²) in [5.41, 5.74) is -0.394. The Morgan fingerprint density at radius 3 is 2.55 bits per heavy atom. The van der Waals surface area contributed by atoms with Crippen molar-refractivity contribution in [3.8, 4) is 0 Å². The van der Waals surface area contributed by atoms with Crippen molar-refractivity contribution in [1.29, 1.82) is 0 Å². The monoisotopic (exact) mass is 332 g/mol. The smallest absolute Gasteiger partial charge is 0.330 e. The van der Waals surface area contributed by atoms with Gasteiger partial charge in [-0.05, 0) is 19.8 Å². The van der Waals surface area contributed by atoms with Crippen LogP contribution in [0.1, 0.15) is 24.4 Å². The van der Waals surface area contributed by atoms with Crippen molar-refractivity contribution in [2.45, 2.75) is 31.9 Å². The third-order valence-corrected chi connectivity index (χ3v) is 4.61. The molecule has 0 spiro atoms. The fraction of sp³-hybridized carbons (Fsp3) is 0.692. The Balaban J connectivity index is 2.36. The minimum absolute atomic E-state index is 0.226. The number of nitrogens with zero attached hydrogens (tertiary/aromatic N) is 2. The molecule has 1 fully saturated rings. The van der Waals surface area contributed by atoms with Crippen molar-refractivity contribution < 1.29 is 17.7 Å². The Bertz CT molecular complexity index is 779. The van der Waals surface area contributed by atoms with Gasteiger partial charge in [-0.25, -0.2) is 4.79 Å². The van der Waals surface area contributed by atoms with Gasteiger partial charge >= 0.3 is 5.69 Å². The molecule has 124 valence electrons. The second kappa shape index (κ2) is 5.98. The Hall–Kier alpha value is -1.45. The first-order valence-electron chi connectivity index (χ1n) is 6.92. The van der Waals surface area contributed by atoms with Crippen LogP contribution in [0.2, 0.25) is 0 Å². The van der Waals surface area contributed by atoms with Gasteiger partial charge in [0.15, 0.2) is 0 Å². The molecule has 1 aliphatic carbocycles. The van der Waals surface area contributed by atoms with E-state index in [1.807, 2.05) is 0 Å². The molecule has 1 N–H and O–H groups in total.